The molecule has 0 radical (unpaired) electrons. The summed E-state index contributed by atoms with van der Waals surface area (Å²) in [4.78, 5) is 10.7. The van der Waals surface area contributed by atoms with Crippen LogP contribution in [0.1, 0.15) is 16.8 Å². The second kappa shape index (κ2) is 6.01. The maximum absolute atomic E-state index is 13.5. The van der Waals surface area contributed by atoms with E-state index in [4.69, 9.17) is 5.73 Å². The minimum absolute atomic E-state index is 0.255. The van der Waals surface area contributed by atoms with E-state index in [2.05, 4.69) is 25.1 Å². The molecule has 0 unspecified atom stereocenters. The number of anilines is 1. The van der Waals surface area contributed by atoms with Crippen molar-refractivity contribution in [1.82, 2.24) is 25.1 Å². The number of H-pyrrole nitrogens is 1. The number of fused-ring (bicyclic) bond motifs is 1. The Bertz CT molecular complexity index is 875. The third kappa shape index (κ3) is 2.85. The summed E-state index contributed by atoms with van der Waals surface area (Å²) in [6, 6.07) is 6.53. The summed E-state index contributed by atoms with van der Waals surface area (Å²) in [6.07, 6.45) is 4.44. The number of nitrogen functional groups attached to an aromatic ring is 1. The fourth-order valence-electron chi connectivity index (χ4n) is 3.09. The Kier molecular flexibility index (Phi) is 3.70. The predicted molar refractivity (Wildman–Crippen MR) is 88.2 cm³/mol. The van der Waals surface area contributed by atoms with Crippen LogP contribution in [-0.2, 0) is 19.5 Å². The molecule has 0 spiro atoms. The Morgan fingerprint density at radius 2 is 2.21 bits per heavy atom. The number of aromatic nitrogens is 4. The van der Waals surface area contributed by atoms with E-state index in [-0.39, 0.29) is 5.82 Å². The SMILES string of the molecule is Nc1ncc2c(n1)CCN(Cc1cn[nH]c1-c1cccc(F)c1)C2. The molecule has 0 saturated carbocycles. The first-order chi connectivity index (χ1) is 11.7. The van der Waals surface area contributed by atoms with Crippen LogP contribution >= 0.6 is 0 Å². The number of hydrogen-bond donors (Lipinski definition) is 2. The van der Waals surface area contributed by atoms with Gasteiger partial charge in [-0.1, -0.05) is 12.1 Å². The molecule has 4 rings (SSSR count). The lowest BCUT2D eigenvalue weighted by atomic mass is 10.0. The van der Waals surface area contributed by atoms with Gasteiger partial charge in [0.15, 0.2) is 0 Å². The lowest BCUT2D eigenvalue weighted by Gasteiger charge is -2.27. The van der Waals surface area contributed by atoms with Gasteiger partial charge in [-0.3, -0.25) is 10.00 Å². The van der Waals surface area contributed by atoms with Crippen LogP contribution in [0.15, 0.2) is 36.7 Å². The Morgan fingerprint density at radius 3 is 3.08 bits per heavy atom. The molecule has 0 saturated heterocycles. The zero-order valence-corrected chi connectivity index (χ0v) is 13.0. The van der Waals surface area contributed by atoms with Gasteiger partial charge in [0.2, 0.25) is 5.95 Å². The molecule has 0 bridgehead atoms. The van der Waals surface area contributed by atoms with Crippen molar-refractivity contribution in [3.8, 4) is 11.3 Å². The third-order valence-electron chi connectivity index (χ3n) is 4.26. The van der Waals surface area contributed by atoms with Crippen LogP contribution in [0.2, 0.25) is 0 Å². The van der Waals surface area contributed by atoms with Gasteiger partial charge in [-0.15, -0.1) is 0 Å². The number of hydrogen-bond acceptors (Lipinski definition) is 5. The fraction of sp³-hybridized carbons (Fsp3) is 0.235. The van der Waals surface area contributed by atoms with Crippen LogP contribution in [0.4, 0.5) is 10.3 Å². The summed E-state index contributed by atoms with van der Waals surface area (Å²) in [5.74, 6) is 0.0695. The quantitative estimate of drug-likeness (QED) is 0.771. The van der Waals surface area contributed by atoms with Crippen molar-refractivity contribution in [2.75, 3.05) is 12.3 Å². The largest absolute Gasteiger partial charge is 0.368 e. The maximum Gasteiger partial charge on any atom is 0.220 e. The molecule has 7 heteroatoms. The Morgan fingerprint density at radius 1 is 1.29 bits per heavy atom. The second-order valence-electron chi connectivity index (χ2n) is 5.94. The van der Waals surface area contributed by atoms with E-state index < -0.39 is 0 Å². The molecule has 24 heavy (non-hydrogen) atoms. The molecular formula is C17H17FN6. The number of aromatic amines is 1. The van der Waals surface area contributed by atoms with Crippen molar-refractivity contribution in [3.05, 3.63) is 59.3 Å². The van der Waals surface area contributed by atoms with E-state index in [0.717, 1.165) is 54.1 Å². The van der Waals surface area contributed by atoms with Gasteiger partial charge < -0.3 is 5.73 Å². The predicted octanol–water partition coefficient (Wildman–Crippen LogP) is 2.15. The average molecular weight is 324 g/mol. The molecule has 0 amide bonds. The number of nitrogens with zero attached hydrogens (tertiary/aromatic N) is 4. The van der Waals surface area contributed by atoms with Gasteiger partial charge in [0, 0.05) is 48.9 Å². The highest BCUT2D eigenvalue weighted by Gasteiger charge is 2.20. The van der Waals surface area contributed by atoms with Crippen molar-refractivity contribution in [3.63, 3.8) is 0 Å². The van der Waals surface area contributed by atoms with E-state index in [1.807, 2.05) is 6.07 Å². The maximum atomic E-state index is 13.5. The molecule has 1 aliphatic heterocycles. The first-order valence-corrected chi connectivity index (χ1v) is 7.80. The summed E-state index contributed by atoms with van der Waals surface area (Å²) >= 11 is 0. The van der Waals surface area contributed by atoms with E-state index in [1.165, 1.54) is 12.1 Å². The monoisotopic (exact) mass is 324 g/mol. The number of halogens is 1. The highest BCUT2D eigenvalue weighted by molar-refractivity contribution is 5.62. The van der Waals surface area contributed by atoms with Crippen molar-refractivity contribution in [2.45, 2.75) is 19.5 Å². The normalized spacial score (nSPS) is 14.5. The van der Waals surface area contributed by atoms with Crippen LogP contribution in [0.25, 0.3) is 11.3 Å². The van der Waals surface area contributed by atoms with Crippen LogP contribution < -0.4 is 5.73 Å². The molecule has 122 valence electrons. The van der Waals surface area contributed by atoms with Gasteiger partial charge >= 0.3 is 0 Å². The molecule has 0 aliphatic carbocycles. The van der Waals surface area contributed by atoms with Crippen molar-refractivity contribution in [1.29, 1.82) is 0 Å². The van der Waals surface area contributed by atoms with Crippen molar-refractivity contribution >= 4 is 5.95 Å². The van der Waals surface area contributed by atoms with E-state index >= 15 is 0 Å². The van der Waals surface area contributed by atoms with Gasteiger partial charge in [-0.05, 0) is 12.1 Å². The van der Waals surface area contributed by atoms with Crippen LogP contribution in [-0.4, -0.2) is 31.6 Å². The first kappa shape index (κ1) is 14.8. The lowest BCUT2D eigenvalue weighted by molar-refractivity contribution is 0.243. The van der Waals surface area contributed by atoms with Gasteiger partial charge in [-0.2, -0.15) is 5.10 Å². The number of nitrogens with two attached hydrogens (primary N) is 1. The van der Waals surface area contributed by atoms with Crippen LogP contribution in [0.3, 0.4) is 0 Å². The minimum Gasteiger partial charge on any atom is -0.368 e. The first-order valence-electron chi connectivity index (χ1n) is 7.80. The number of rotatable bonds is 3. The summed E-state index contributed by atoms with van der Waals surface area (Å²) in [6.45, 7) is 2.38. The lowest BCUT2D eigenvalue weighted by Crippen LogP contribution is -2.31. The average Bonchev–Trinajstić information content (AvgIpc) is 3.03. The number of benzene rings is 1. The van der Waals surface area contributed by atoms with Crippen LogP contribution in [0, 0.1) is 5.82 Å². The molecule has 1 aromatic carbocycles. The zero-order chi connectivity index (χ0) is 16.5. The zero-order valence-electron chi connectivity index (χ0n) is 13.0. The standard InChI is InChI=1S/C17H17FN6/c18-14-3-1-2-11(6-14)16-13(8-21-23-16)10-24-5-4-15-12(9-24)7-20-17(19)22-15/h1-3,6-8H,4-5,9-10H2,(H,21,23)(H2,19,20,22). The molecule has 3 heterocycles. The Labute approximate surface area is 138 Å². The molecule has 3 aromatic rings. The number of nitrogens with one attached hydrogen (secondary N) is 1. The summed E-state index contributed by atoms with van der Waals surface area (Å²) in [5, 5.41) is 7.12. The summed E-state index contributed by atoms with van der Waals surface area (Å²) in [7, 11) is 0. The molecule has 0 atom stereocenters. The topological polar surface area (TPSA) is 83.7 Å². The molecule has 1 aliphatic rings. The fourth-order valence-corrected chi connectivity index (χ4v) is 3.09. The minimum atomic E-state index is -0.255. The highest BCUT2D eigenvalue weighted by Crippen LogP contribution is 2.25. The van der Waals surface area contributed by atoms with Gasteiger partial charge in [0.05, 0.1) is 17.6 Å². The van der Waals surface area contributed by atoms with E-state index in [9.17, 15) is 4.39 Å². The van der Waals surface area contributed by atoms with E-state index in [1.54, 1.807) is 18.5 Å². The second-order valence-corrected chi connectivity index (χ2v) is 5.94. The smallest absolute Gasteiger partial charge is 0.220 e. The Balaban J connectivity index is 1.55. The van der Waals surface area contributed by atoms with E-state index in [0.29, 0.717) is 5.95 Å². The van der Waals surface area contributed by atoms with Crippen LogP contribution in [0.5, 0.6) is 0 Å². The molecule has 3 N–H and O–H groups in total. The molecule has 2 aromatic heterocycles. The van der Waals surface area contributed by atoms with Crippen molar-refractivity contribution < 1.29 is 4.39 Å². The highest BCUT2D eigenvalue weighted by atomic mass is 19.1. The summed E-state index contributed by atoms with van der Waals surface area (Å²) in [5.41, 5.74) is 10.5. The summed E-state index contributed by atoms with van der Waals surface area (Å²) < 4.78 is 13.5. The van der Waals surface area contributed by atoms with Gasteiger partial charge in [0.1, 0.15) is 5.82 Å². The Hall–Kier alpha value is -2.80. The molecular weight excluding hydrogens is 307 g/mol. The van der Waals surface area contributed by atoms with Crippen molar-refractivity contribution in [2.24, 2.45) is 0 Å². The third-order valence-corrected chi connectivity index (χ3v) is 4.26. The molecule has 6 nitrogen and oxygen atoms in total. The molecule has 0 fully saturated rings. The van der Waals surface area contributed by atoms with Gasteiger partial charge in [0.25, 0.3) is 0 Å². The van der Waals surface area contributed by atoms with Gasteiger partial charge in [-0.25, -0.2) is 14.4 Å².